The summed E-state index contributed by atoms with van der Waals surface area (Å²) in [5, 5.41) is 16.6. The first-order chi connectivity index (χ1) is 9.09. The molecule has 3 N–H and O–H groups in total. The Kier molecular flexibility index (Phi) is 3.47. The number of hydrogen-bond donors (Lipinski definition) is 1. The van der Waals surface area contributed by atoms with Crippen LogP contribution in [0.1, 0.15) is 20.7 Å². The van der Waals surface area contributed by atoms with E-state index in [4.69, 9.17) is 14.9 Å². The minimum Gasteiger partial charge on any atom is -0.593 e. The average Bonchev–Trinajstić information content (AvgIpc) is 2.39. The molecule has 0 saturated heterocycles. The molecule has 0 unspecified atom stereocenters. The lowest BCUT2D eigenvalue weighted by molar-refractivity contribution is 0.0681. The number of carboxylic acids is 1. The van der Waals surface area contributed by atoms with Crippen molar-refractivity contribution in [2.75, 3.05) is 0 Å². The minimum absolute atomic E-state index is 0.0281. The number of carbonyl (C=O) groups is 2. The highest BCUT2D eigenvalue weighted by Crippen LogP contribution is 2.22. The second-order valence-corrected chi connectivity index (χ2v) is 3.74. The van der Waals surface area contributed by atoms with Crippen LogP contribution in [0.2, 0.25) is 0 Å². The van der Waals surface area contributed by atoms with Gasteiger partial charge in [-0.25, -0.2) is 9.59 Å². The number of para-hydroxylation sites is 2. The molecule has 19 heavy (non-hydrogen) atoms. The SMILES string of the molecule is O=C(Oc1ccccc1C(=O)O)c1ccccc1[OH2+]. The van der Waals surface area contributed by atoms with Crippen molar-refractivity contribution in [2.24, 2.45) is 0 Å². The average molecular weight is 259 g/mol. The molecule has 0 aliphatic carbocycles. The number of carbonyl (C=O) groups excluding carboxylic acids is 1. The summed E-state index contributed by atoms with van der Waals surface area (Å²) >= 11 is 0. The fraction of sp³-hybridized carbons (Fsp3) is 0. The number of esters is 1. The highest BCUT2D eigenvalue weighted by molar-refractivity contribution is 5.96. The molecule has 0 aliphatic heterocycles. The molecule has 5 heteroatoms. The van der Waals surface area contributed by atoms with Gasteiger partial charge in [0.25, 0.3) is 5.75 Å². The molecule has 0 fully saturated rings. The normalized spacial score (nSPS) is 9.89. The summed E-state index contributed by atoms with van der Waals surface area (Å²) in [5.41, 5.74) is -0.0130. The Bertz CT molecular complexity index is 633. The predicted octanol–water partition coefficient (Wildman–Crippen LogP) is 2.04. The summed E-state index contributed by atoms with van der Waals surface area (Å²) in [6.07, 6.45) is 0. The highest BCUT2D eigenvalue weighted by Gasteiger charge is 2.19. The van der Waals surface area contributed by atoms with Gasteiger partial charge >= 0.3 is 11.9 Å². The maximum absolute atomic E-state index is 11.9. The number of hydrogen-bond acceptors (Lipinski definition) is 3. The maximum Gasteiger partial charge on any atom is 0.352 e. The van der Waals surface area contributed by atoms with E-state index in [0.29, 0.717) is 0 Å². The summed E-state index contributed by atoms with van der Waals surface area (Å²) in [7, 11) is 0. The Balaban J connectivity index is 2.30. The lowest BCUT2D eigenvalue weighted by atomic mass is 10.2. The van der Waals surface area contributed by atoms with Crippen LogP contribution < -0.4 is 4.74 Å². The molecule has 0 spiro atoms. The van der Waals surface area contributed by atoms with Gasteiger partial charge in [-0.2, -0.15) is 0 Å². The van der Waals surface area contributed by atoms with E-state index < -0.39 is 11.9 Å². The van der Waals surface area contributed by atoms with E-state index in [0.717, 1.165) is 0 Å². The van der Waals surface area contributed by atoms with Gasteiger partial charge in [0.2, 0.25) is 0 Å². The molecule has 5 nitrogen and oxygen atoms in total. The first kappa shape index (κ1) is 12.6. The zero-order valence-corrected chi connectivity index (χ0v) is 9.79. The molecule has 0 aromatic heterocycles. The van der Waals surface area contributed by atoms with Crippen LogP contribution in [-0.4, -0.2) is 22.2 Å². The van der Waals surface area contributed by atoms with Crippen LogP contribution in [0.15, 0.2) is 48.5 Å². The molecule has 0 saturated carbocycles. The highest BCUT2D eigenvalue weighted by atomic mass is 16.5. The number of ether oxygens (including phenoxy) is 1. The fourth-order valence-corrected chi connectivity index (χ4v) is 1.55. The largest absolute Gasteiger partial charge is 0.593 e. The van der Waals surface area contributed by atoms with E-state index in [1.165, 1.54) is 24.3 Å². The third kappa shape index (κ3) is 2.71. The van der Waals surface area contributed by atoms with Crippen molar-refractivity contribution in [1.82, 2.24) is 0 Å². The fourth-order valence-electron chi connectivity index (χ4n) is 1.55. The smallest absolute Gasteiger partial charge is 0.352 e. The summed E-state index contributed by atoms with van der Waals surface area (Å²) in [5.74, 6) is -1.94. The molecule has 0 radical (unpaired) electrons. The van der Waals surface area contributed by atoms with Crippen molar-refractivity contribution in [3.05, 3.63) is 59.7 Å². The zero-order valence-electron chi connectivity index (χ0n) is 9.79. The van der Waals surface area contributed by atoms with Gasteiger partial charge in [0, 0.05) is 6.07 Å². The second-order valence-electron chi connectivity index (χ2n) is 3.74. The van der Waals surface area contributed by atoms with E-state index in [1.807, 2.05) is 0 Å². The van der Waals surface area contributed by atoms with Gasteiger partial charge in [0.1, 0.15) is 11.3 Å². The summed E-state index contributed by atoms with van der Waals surface area (Å²) in [4.78, 5) is 22.9. The van der Waals surface area contributed by atoms with Crippen molar-refractivity contribution in [3.63, 3.8) is 0 Å². The van der Waals surface area contributed by atoms with Gasteiger partial charge < -0.3 is 14.9 Å². The van der Waals surface area contributed by atoms with Crippen LogP contribution in [0.5, 0.6) is 11.5 Å². The zero-order chi connectivity index (χ0) is 13.8. The van der Waals surface area contributed by atoms with E-state index >= 15 is 0 Å². The summed E-state index contributed by atoms with van der Waals surface area (Å²) < 4.78 is 5.03. The van der Waals surface area contributed by atoms with Crippen LogP contribution >= 0.6 is 0 Å². The van der Waals surface area contributed by atoms with E-state index in [2.05, 4.69) is 0 Å². The third-order valence-corrected chi connectivity index (χ3v) is 2.47. The van der Waals surface area contributed by atoms with Crippen molar-refractivity contribution < 1.29 is 24.5 Å². The summed E-state index contributed by atoms with van der Waals surface area (Å²) in [6, 6.07) is 12.0. The Labute approximate surface area is 108 Å². The standard InChI is InChI=1S/C14H10O5/c15-11-7-3-1-5-9(11)14(18)19-12-8-4-2-6-10(12)13(16)17/h1-8,15H,(H,16,17)/p+1. The monoisotopic (exact) mass is 259 g/mol. The first-order valence-corrected chi connectivity index (χ1v) is 5.44. The van der Waals surface area contributed by atoms with E-state index in [9.17, 15) is 9.59 Å². The van der Waals surface area contributed by atoms with Crippen molar-refractivity contribution in [2.45, 2.75) is 0 Å². The molecule has 2 rings (SSSR count). The van der Waals surface area contributed by atoms with Gasteiger partial charge in [-0.1, -0.05) is 24.3 Å². The first-order valence-electron chi connectivity index (χ1n) is 5.44. The molecular weight excluding hydrogens is 248 g/mol. The van der Waals surface area contributed by atoms with Gasteiger partial charge in [0.05, 0.1) is 0 Å². The molecule has 0 bridgehead atoms. The van der Waals surface area contributed by atoms with E-state index in [1.54, 1.807) is 24.3 Å². The van der Waals surface area contributed by atoms with Gasteiger partial charge in [-0.05, 0) is 18.2 Å². The minimum atomic E-state index is -1.18. The van der Waals surface area contributed by atoms with Crippen molar-refractivity contribution in [3.8, 4) is 11.5 Å². The molecule has 2 aromatic carbocycles. The molecule has 0 atom stereocenters. The van der Waals surface area contributed by atoms with Crippen molar-refractivity contribution >= 4 is 11.9 Å². The van der Waals surface area contributed by atoms with Gasteiger partial charge in [-0.3, -0.25) is 0 Å². The van der Waals surface area contributed by atoms with Crippen LogP contribution in [0.25, 0.3) is 0 Å². The Morgan fingerprint density at radius 3 is 2.16 bits per heavy atom. The predicted molar refractivity (Wildman–Crippen MR) is 67.9 cm³/mol. The lowest BCUT2D eigenvalue weighted by Crippen LogP contribution is -2.11. The number of rotatable bonds is 3. The van der Waals surface area contributed by atoms with Crippen LogP contribution in [-0.2, 0) is 0 Å². The number of aromatic carboxylic acids is 1. The number of benzene rings is 2. The molecule has 0 amide bonds. The molecule has 0 heterocycles. The molecule has 0 aliphatic rings. The van der Waals surface area contributed by atoms with Gasteiger partial charge in [0.15, 0.2) is 5.56 Å². The summed E-state index contributed by atoms with van der Waals surface area (Å²) in [6.45, 7) is 0. The van der Waals surface area contributed by atoms with Crippen LogP contribution in [0, 0.1) is 0 Å². The maximum atomic E-state index is 11.9. The molecular formula is C14H11O5+. The lowest BCUT2D eigenvalue weighted by Gasteiger charge is -2.06. The Morgan fingerprint density at radius 2 is 1.53 bits per heavy atom. The van der Waals surface area contributed by atoms with Crippen molar-refractivity contribution in [1.29, 1.82) is 0 Å². The van der Waals surface area contributed by atoms with Gasteiger partial charge in [-0.15, -0.1) is 0 Å². The van der Waals surface area contributed by atoms with Crippen LogP contribution in [0.3, 0.4) is 0 Å². The quantitative estimate of drug-likeness (QED) is 0.519. The molecule has 96 valence electrons. The molecule has 2 aromatic rings. The second kappa shape index (κ2) is 5.22. The van der Waals surface area contributed by atoms with E-state index in [-0.39, 0.29) is 22.6 Å². The Morgan fingerprint density at radius 1 is 0.947 bits per heavy atom. The third-order valence-electron chi connectivity index (χ3n) is 2.47. The topological polar surface area (TPSA) is 86.5 Å². The van der Waals surface area contributed by atoms with Crippen LogP contribution in [0.4, 0.5) is 0 Å². The Hall–Kier alpha value is -2.82. The number of carboxylic acid groups (broad SMARTS) is 1.